The predicted molar refractivity (Wildman–Crippen MR) is 99.1 cm³/mol. The van der Waals surface area contributed by atoms with Crippen molar-refractivity contribution in [2.75, 3.05) is 24.8 Å². The van der Waals surface area contributed by atoms with Gasteiger partial charge in [0.1, 0.15) is 5.75 Å². The van der Waals surface area contributed by atoms with Gasteiger partial charge in [-0.15, -0.1) is 11.8 Å². The highest BCUT2D eigenvalue weighted by molar-refractivity contribution is 7.98. The molecule has 0 radical (unpaired) electrons. The van der Waals surface area contributed by atoms with Crippen LogP contribution in [0.1, 0.15) is 29.8 Å². The Balaban J connectivity index is 2.18. The van der Waals surface area contributed by atoms with Gasteiger partial charge in [-0.2, -0.15) is 0 Å². The first-order valence-corrected chi connectivity index (χ1v) is 9.19. The van der Waals surface area contributed by atoms with E-state index < -0.39 is 0 Å². The number of carbonyl (C=O) groups is 1. The van der Waals surface area contributed by atoms with Crippen LogP contribution in [0.2, 0.25) is 0 Å². The summed E-state index contributed by atoms with van der Waals surface area (Å²) in [6.07, 6.45) is 2.01. The number of benzene rings is 2. The molecule has 0 spiro atoms. The minimum Gasteiger partial charge on any atom is -0.494 e. The molecule has 24 heavy (non-hydrogen) atoms. The maximum Gasteiger partial charge on any atom is 0.255 e. The Morgan fingerprint density at radius 3 is 2.67 bits per heavy atom. The van der Waals surface area contributed by atoms with E-state index >= 15 is 0 Å². The second kappa shape index (κ2) is 9.35. The van der Waals surface area contributed by atoms with E-state index in [-0.39, 0.29) is 5.91 Å². The van der Waals surface area contributed by atoms with Crippen LogP contribution in [0.4, 0.5) is 5.69 Å². The molecule has 0 saturated carbocycles. The van der Waals surface area contributed by atoms with E-state index in [9.17, 15) is 4.79 Å². The molecule has 0 aliphatic heterocycles. The van der Waals surface area contributed by atoms with Gasteiger partial charge in [0.05, 0.1) is 13.2 Å². The molecule has 4 nitrogen and oxygen atoms in total. The van der Waals surface area contributed by atoms with Crippen LogP contribution in [-0.2, 0) is 11.3 Å². The van der Waals surface area contributed by atoms with Crippen molar-refractivity contribution in [2.45, 2.75) is 25.3 Å². The molecular weight excluding hydrogens is 322 g/mol. The molecule has 5 heteroatoms. The zero-order valence-electron chi connectivity index (χ0n) is 14.3. The number of rotatable bonds is 8. The van der Waals surface area contributed by atoms with Crippen molar-refractivity contribution in [3.63, 3.8) is 0 Å². The lowest BCUT2D eigenvalue weighted by Crippen LogP contribution is -2.13. The molecule has 0 saturated heterocycles. The van der Waals surface area contributed by atoms with Gasteiger partial charge in [-0.25, -0.2) is 0 Å². The van der Waals surface area contributed by atoms with Crippen LogP contribution in [0.25, 0.3) is 0 Å². The highest BCUT2D eigenvalue weighted by Crippen LogP contribution is 2.23. The number of amides is 1. The number of ether oxygens (including phenoxy) is 2. The largest absolute Gasteiger partial charge is 0.494 e. The van der Waals surface area contributed by atoms with E-state index in [4.69, 9.17) is 9.47 Å². The number of thioether (sulfide) groups is 1. The molecule has 2 rings (SSSR count). The van der Waals surface area contributed by atoms with Crippen molar-refractivity contribution in [2.24, 2.45) is 0 Å². The lowest BCUT2D eigenvalue weighted by atomic mass is 10.1. The topological polar surface area (TPSA) is 47.6 Å². The Bertz CT molecular complexity index is 688. The quantitative estimate of drug-likeness (QED) is 0.711. The summed E-state index contributed by atoms with van der Waals surface area (Å²) in [7, 11) is 0. The molecule has 1 amide bonds. The van der Waals surface area contributed by atoms with Crippen molar-refractivity contribution in [1.82, 2.24) is 0 Å². The Morgan fingerprint density at radius 1 is 1.12 bits per heavy atom. The third-order valence-corrected chi connectivity index (χ3v) is 4.14. The van der Waals surface area contributed by atoms with E-state index in [0.29, 0.717) is 25.4 Å². The molecule has 1 N–H and O–H groups in total. The highest BCUT2D eigenvalue weighted by atomic mass is 32.2. The second-order valence-corrected chi connectivity index (χ2v) is 5.96. The van der Waals surface area contributed by atoms with Crippen LogP contribution in [0.15, 0.2) is 47.4 Å². The SMILES string of the molecule is CCOCc1cc(C(=O)Nc2cccc(SC)c2)ccc1OCC. The Hall–Kier alpha value is -1.98. The number of hydrogen-bond acceptors (Lipinski definition) is 4. The molecule has 128 valence electrons. The highest BCUT2D eigenvalue weighted by Gasteiger charge is 2.11. The fraction of sp³-hybridized carbons (Fsp3) is 0.316. The standard InChI is InChI=1S/C19H23NO3S/c1-4-22-13-15-11-14(9-10-18(15)23-5-2)19(21)20-16-7-6-8-17(12-16)24-3/h6-12H,4-5,13H2,1-3H3,(H,20,21). The van der Waals surface area contributed by atoms with Crippen molar-refractivity contribution in [1.29, 1.82) is 0 Å². The van der Waals surface area contributed by atoms with Gasteiger partial charge in [-0.3, -0.25) is 4.79 Å². The number of carbonyl (C=O) groups excluding carboxylic acids is 1. The molecular formula is C19H23NO3S. The number of hydrogen-bond donors (Lipinski definition) is 1. The fourth-order valence-electron chi connectivity index (χ4n) is 2.25. The van der Waals surface area contributed by atoms with Gasteiger partial charge in [-0.1, -0.05) is 6.07 Å². The first-order valence-electron chi connectivity index (χ1n) is 7.96. The Labute approximate surface area is 147 Å². The summed E-state index contributed by atoms with van der Waals surface area (Å²) in [5, 5.41) is 2.93. The van der Waals surface area contributed by atoms with Crippen molar-refractivity contribution >= 4 is 23.4 Å². The number of nitrogens with one attached hydrogen (secondary N) is 1. The third kappa shape index (κ3) is 5.01. The van der Waals surface area contributed by atoms with Gasteiger partial charge in [-0.05, 0) is 56.5 Å². The van der Waals surface area contributed by atoms with Crippen molar-refractivity contribution < 1.29 is 14.3 Å². The molecule has 0 bridgehead atoms. The molecule has 0 heterocycles. The molecule has 0 aromatic heterocycles. The van der Waals surface area contributed by atoms with E-state index in [2.05, 4.69) is 5.32 Å². The van der Waals surface area contributed by atoms with Crippen molar-refractivity contribution in [3.05, 3.63) is 53.6 Å². The Kier molecular flexibility index (Phi) is 7.15. The summed E-state index contributed by atoms with van der Waals surface area (Å²) in [5.41, 5.74) is 2.25. The summed E-state index contributed by atoms with van der Waals surface area (Å²) in [6, 6.07) is 13.2. The lowest BCUT2D eigenvalue weighted by molar-refractivity contribution is 0.102. The van der Waals surface area contributed by atoms with E-state index in [1.165, 1.54) is 0 Å². The third-order valence-electron chi connectivity index (χ3n) is 3.41. The summed E-state index contributed by atoms with van der Waals surface area (Å²) in [5.74, 6) is 0.612. The normalized spacial score (nSPS) is 10.5. The molecule has 2 aromatic carbocycles. The molecule has 0 aliphatic carbocycles. The number of anilines is 1. The average Bonchev–Trinajstić information content (AvgIpc) is 2.61. The predicted octanol–water partition coefficient (Wildman–Crippen LogP) is 4.60. The zero-order chi connectivity index (χ0) is 17.4. The van der Waals surface area contributed by atoms with Crippen LogP contribution in [0, 0.1) is 0 Å². The molecule has 0 unspecified atom stereocenters. The Morgan fingerprint density at radius 2 is 1.96 bits per heavy atom. The van der Waals surface area contributed by atoms with Gasteiger partial charge in [0.15, 0.2) is 0 Å². The maximum absolute atomic E-state index is 12.5. The first-order chi connectivity index (χ1) is 11.7. The van der Waals surface area contributed by atoms with Crippen LogP contribution in [0.5, 0.6) is 5.75 Å². The molecule has 2 aromatic rings. The van der Waals surface area contributed by atoms with E-state index in [1.807, 2.05) is 56.5 Å². The summed E-state index contributed by atoms with van der Waals surface area (Å²) in [6.45, 7) is 5.49. The smallest absolute Gasteiger partial charge is 0.255 e. The maximum atomic E-state index is 12.5. The summed E-state index contributed by atoms with van der Waals surface area (Å²) >= 11 is 1.64. The van der Waals surface area contributed by atoms with Gasteiger partial charge < -0.3 is 14.8 Å². The summed E-state index contributed by atoms with van der Waals surface area (Å²) < 4.78 is 11.1. The van der Waals surface area contributed by atoms with Crippen LogP contribution in [0.3, 0.4) is 0 Å². The van der Waals surface area contributed by atoms with Gasteiger partial charge in [0.25, 0.3) is 5.91 Å². The fourth-order valence-corrected chi connectivity index (χ4v) is 2.71. The van der Waals surface area contributed by atoms with E-state index in [1.54, 1.807) is 17.8 Å². The molecule has 0 fully saturated rings. The minimum atomic E-state index is -0.144. The van der Waals surface area contributed by atoms with E-state index in [0.717, 1.165) is 21.9 Å². The van der Waals surface area contributed by atoms with Gasteiger partial charge in [0, 0.05) is 28.3 Å². The lowest BCUT2D eigenvalue weighted by Gasteiger charge is -2.12. The zero-order valence-corrected chi connectivity index (χ0v) is 15.1. The summed E-state index contributed by atoms with van der Waals surface area (Å²) in [4.78, 5) is 13.6. The van der Waals surface area contributed by atoms with Crippen LogP contribution >= 0.6 is 11.8 Å². The molecule has 0 aliphatic rings. The minimum absolute atomic E-state index is 0.144. The van der Waals surface area contributed by atoms with Crippen LogP contribution < -0.4 is 10.1 Å². The average molecular weight is 345 g/mol. The van der Waals surface area contributed by atoms with Crippen LogP contribution in [-0.4, -0.2) is 25.4 Å². The molecule has 0 atom stereocenters. The van der Waals surface area contributed by atoms with Gasteiger partial charge >= 0.3 is 0 Å². The monoisotopic (exact) mass is 345 g/mol. The second-order valence-electron chi connectivity index (χ2n) is 5.08. The van der Waals surface area contributed by atoms with Crippen molar-refractivity contribution in [3.8, 4) is 5.75 Å². The van der Waals surface area contributed by atoms with Gasteiger partial charge in [0.2, 0.25) is 0 Å². The first kappa shape index (κ1) is 18.4.